The van der Waals surface area contributed by atoms with Gasteiger partial charge in [-0.1, -0.05) is 6.92 Å². The van der Waals surface area contributed by atoms with Crippen LogP contribution in [0.1, 0.15) is 13.3 Å². The molecule has 4 heteroatoms. The van der Waals surface area contributed by atoms with Crippen LogP contribution in [0.25, 0.3) is 0 Å². The molecule has 0 fully saturated rings. The predicted molar refractivity (Wildman–Crippen MR) is 43.3 cm³/mol. The molecular weight excluding hydrogens is 178 g/mol. The van der Waals surface area contributed by atoms with Crippen LogP contribution in [0.5, 0.6) is 0 Å². The SMILES string of the molecule is CC(CCCl)SCC(F)F. The van der Waals surface area contributed by atoms with Crippen molar-refractivity contribution in [2.75, 3.05) is 11.6 Å². The maximum absolute atomic E-state index is 11.6. The molecule has 0 saturated heterocycles. The van der Waals surface area contributed by atoms with Crippen molar-refractivity contribution in [2.24, 2.45) is 0 Å². The van der Waals surface area contributed by atoms with E-state index in [9.17, 15) is 8.78 Å². The van der Waals surface area contributed by atoms with Crippen molar-refractivity contribution in [1.29, 1.82) is 0 Å². The van der Waals surface area contributed by atoms with Crippen molar-refractivity contribution >= 4 is 23.4 Å². The first-order chi connectivity index (χ1) is 4.66. The summed E-state index contributed by atoms with van der Waals surface area (Å²) in [6, 6.07) is 0. The number of hydrogen-bond donors (Lipinski definition) is 0. The van der Waals surface area contributed by atoms with Crippen molar-refractivity contribution in [2.45, 2.75) is 25.0 Å². The fraction of sp³-hybridized carbons (Fsp3) is 1.00. The molecule has 0 bridgehead atoms. The first kappa shape index (κ1) is 10.5. The third-order valence-corrected chi connectivity index (χ3v) is 2.49. The highest BCUT2D eigenvalue weighted by atomic mass is 35.5. The normalized spacial score (nSPS) is 14.1. The van der Waals surface area contributed by atoms with E-state index >= 15 is 0 Å². The zero-order chi connectivity index (χ0) is 7.98. The molecular formula is C6H11ClF2S. The van der Waals surface area contributed by atoms with Gasteiger partial charge in [-0.05, 0) is 6.42 Å². The first-order valence-electron chi connectivity index (χ1n) is 3.12. The largest absolute Gasteiger partial charge is 0.247 e. The van der Waals surface area contributed by atoms with Gasteiger partial charge in [0.2, 0.25) is 6.43 Å². The van der Waals surface area contributed by atoms with Gasteiger partial charge in [0.25, 0.3) is 0 Å². The minimum Gasteiger partial charge on any atom is -0.210 e. The maximum atomic E-state index is 11.6. The number of halogens is 3. The quantitative estimate of drug-likeness (QED) is 0.598. The van der Waals surface area contributed by atoms with E-state index in [4.69, 9.17) is 11.6 Å². The Morgan fingerprint density at radius 1 is 1.50 bits per heavy atom. The summed E-state index contributed by atoms with van der Waals surface area (Å²) in [7, 11) is 0. The fourth-order valence-corrected chi connectivity index (χ4v) is 1.69. The molecule has 0 aliphatic rings. The minimum absolute atomic E-state index is 0.0714. The molecule has 0 radical (unpaired) electrons. The third kappa shape index (κ3) is 6.62. The summed E-state index contributed by atoms with van der Waals surface area (Å²) in [5.41, 5.74) is 0. The Bertz CT molecular complexity index is 80.1. The molecule has 0 aromatic heterocycles. The third-order valence-electron chi connectivity index (χ3n) is 1.02. The molecule has 0 aromatic carbocycles. The number of alkyl halides is 3. The van der Waals surface area contributed by atoms with Crippen molar-refractivity contribution < 1.29 is 8.78 Å². The summed E-state index contributed by atoms with van der Waals surface area (Å²) in [5.74, 6) is 0.482. The second-order valence-corrected chi connectivity index (χ2v) is 3.86. The Labute approximate surface area is 69.3 Å². The Morgan fingerprint density at radius 2 is 2.10 bits per heavy atom. The zero-order valence-corrected chi connectivity index (χ0v) is 7.39. The van der Waals surface area contributed by atoms with Crippen LogP contribution in [-0.2, 0) is 0 Å². The van der Waals surface area contributed by atoms with Gasteiger partial charge in [-0.15, -0.1) is 11.6 Å². The molecule has 0 rings (SSSR count). The molecule has 0 saturated carbocycles. The highest BCUT2D eigenvalue weighted by Gasteiger charge is 2.06. The van der Waals surface area contributed by atoms with E-state index in [0.29, 0.717) is 5.88 Å². The van der Waals surface area contributed by atoms with Gasteiger partial charge in [0.1, 0.15) is 0 Å². The molecule has 0 aliphatic heterocycles. The number of thioether (sulfide) groups is 1. The van der Waals surface area contributed by atoms with Gasteiger partial charge >= 0.3 is 0 Å². The maximum Gasteiger partial charge on any atom is 0.247 e. The van der Waals surface area contributed by atoms with Gasteiger partial charge in [0.05, 0.1) is 5.75 Å². The lowest BCUT2D eigenvalue weighted by Crippen LogP contribution is -2.02. The molecule has 1 atom stereocenters. The summed E-state index contributed by atoms with van der Waals surface area (Å²) in [5, 5.41) is 0.256. The van der Waals surface area contributed by atoms with Gasteiger partial charge in [-0.25, -0.2) is 8.78 Å². The van der Waals surface area contributed by atoms with Crippen molar-refractivity contribution in [3.8, 4) is 0 Å². The van der Waals surface area contributed by atoms with E-state index in [0.717, 1.165) is 6.42 Å². The number of hydrogen-bond acceptors (Lipinski definition) is 1. The van der Waals surface area contributed by atoms with E-state index in [2.05, 4.69) is 0 Å². The zero-order valence-electron chi connectivity index (χ0n) is 5.82. The monoisotopic (exact) mass is 188 g/mol. The lowest BCUT2D eigenvalue weighted by atomic mass is 10.4. The summed E-state index contributed by atoms with van der Waals surface area (Å²) >= 11 is 6.69. The molecule has 0 aliphatic carbocycles. The fourth-order valence-electron chi connectivity index (χ4n) is 0.474. The van der Waals surface area contributed by atoms with Crippen molar-refractivity contribution in [1.82, 2.24) is 0 Å². The highest BCUT2D eigenvalue weighted by molar-refractivity contribution is 7.99. The summed E-state index contributed by atoms with van der Waals surface area (Å²) in [6.07, 6.45) is -1.39. The van der Waals surface area contributed by atoms with Crippen LogP contribution in [0.4, 0.5) is 8.78 Å². The lowest BCUT2D eigenvalue weighted by Gasteiger charge is -2.07. The molecule has 0 heterocycles. The predicted octanol–water partition coefficient (Wildman–Crippen LogP) is 3.00. The Morgan fingerprint density at radius 3 is 2.50 bits per heavy atom. The average molecular weight is 189 g/mol. The van der Waals surface area contributed by atoms with E-state index in [1.165, 1.54) is 11.8 Å². The highest BCUT2D eigenvalue weighted by Crippen LogP contribution is 2.16. The van der Waals surface area contributed by atoms with E-state index in [-0.39, 0.29) is 11.0 Å². The second kappa shape index (κ2) is 6.23. The van der Waals surface area contributed by atoms with Crippen LogP contribution < -0.4 is 0 Å². The summed E-state index contributed by atoms with van der Waals surface area (Å²) in [4.78, 5) is 0. The molecule has 0 N–H and O–H groups in total. The van der Waals surface area contributed by atoms with Gasteiger partial charge < -0.3 is 0 Å². The lowest BCUT2D eigenvalue weighted by molar-refractivity contribution is 0.176. The standard InChI is InChI=1S/C6H11ClF2S/c1-5(2-3-7)10-4-6(8)9/h5-6H,2-4H2,1H3. The molecule has 1 unspecified atom stereocenters. The Hall–Kier alpha value is 0.500. The minimum atomic E-state index is -2.19. The molecule has 10 heavy (non-hydrogen) atoms. The topological polar surface area (TPSA) is 0 Å². The smallest absolute Gasteiger partial charge is 0.210 e. The van der Waals surface area contributed by atoms with Crippen LogP contribution >= 0.6 is 23.4 Å². The van der Waals surface area contributed by atoms with E-state index in [1.807, 2.05) is 6.92 Å². The van der Waals surface area contributed by atoms with Crippen LogP contribution in [-0.4, -0.2) is 23.3 Å². The summed E-state index contributed by atoms with van der Waals surface area (Å²) < 4.78 is 23.2. The molecule has 0 spiro atoms. The molecule has 0 amide bonds. The molecule has 0 nitrogen and oxygen atoms in total. The van der Waals surface area contributed by atoms with Crippen molar-refractivity contribution in [3.63, 3.8) is 0 Å². The van der Waals surface area contributed by atoms with Crippen molar-refractivity contribution in [3.05, 3.63) is 0 Å². The van der Waals surface area contributed by atoms with Gasteiger partial charge in [0, 0.05) is 11.1 Å². The van der Waals surface area contributed by atoms with Crippen LogP contribution in [0.2, 0.25) is 0 Å². The van der Waals surface area contributed by atoms with Gasteiger partial charge in [-0.3, -0.25) is 0 Å². The Kier molecular flexibility index (Phi) is 6.54. The Balaban J connectivity index is 3.12. The van der Waals surface area contributed by atoms with Crippen LogP contribution in [0.15, 0.2) is 0 Å². The second-order valence-electron chi connectivity index (χ2n) is 2.01. The van der Waals surface area contributed by atoms with Gasteiger partial charge in [-0.2, -0.15) is 11.8 Å². The number of rotatable bonds is 5. The van der Waals surface area contributed by atoms with Crippen LogP contribution in [0.3, 0.4) is 0 Å². The van der Waals surface area contributed by atoms with Gasteiger partial charge in [0.15, 0.2) is 0 Å². The first-order valence-corrected chi connectivity index (χ1v) is 4.71. The van der Waals surface area contributed by atoms with E-state index in [1.54, 1.807) is 0 Å². The summed E-state index contributed by atoms with van der Waals surface area (Å²) in [6.45, 7) is 1.91. The average Bonchev–Trinajstić information content (AvgIpc) is 1.85. The molecule has 0 aromatic rings. The van der Waals surface area contributed by atoms with Crippen LogP contribution in [0, 0.1) is 0 Å². The molecule has 62 valence electrons. The van der Waals surface area contributed by atoms with E-state index < -0.39 is 6.43 Å².